The van der Waals surface area contributed by atoms with E-state index < -0.39 is 23.6 Å². The summed E-state index contributed by atoms with van der Waals surface area (Å²) in [6.07, 6.45) is 1.55. The first-order chi connectivity index (χ1) is 17.8. The van der Waals surface area contributed by atoms with E-state index >= 15 is 4.39 Å². The first kappa shape index (κ1) is 26.9. The summed E-state index contributed by atoms with van der Waals surface area (Å²) >= 11 is 0. The Hall–Kier alpha value is -3.10. The number of para-hydroxylation sites is 1. The zero-order valence-corrected chi connectivity index (χ0v) is 21.4. The maximum atomic E-state index is 15.6. The number of aliphatic hydroxyl groups excluding tert-OH is 1. The standard InChI is InChI=1S/C30H35FN2O4/c1-20-8-5-9-21(16-20)28-23(11-7-13-25(28)31)30(36,14-3-4-15-37-2)24-12-6-10-22(19-34)29(24)33-17-26(32)27(35)18-33/h5-13,16,19,26-27,35-36H,3-4,14-15,17-18,32H2,1-2H3/t26-,27+,30+/m1/s1. The van der Waals surface area contributed by atoms with E-state index in [1.807, 2.05) is 36.1 Å². The number of aryl methyl sites for hydroxylation is 1. The Labute approximate surface area is 217 Å². The fourth-order valence-electron chi connectivity index (χ4n) is 5.34. The summed E-state index contributed by atoms with van der Waals surface area (Å²) in [5.74, 6) is -0.440. The molecule has 0 aliphatic carbocycles. The molecule has 1 aliphatic heterocycles. The van der Waals surface area contributed by atoms with Gasteiger partial charge in [-0.2, -0.15) is 0 Å². The number of aldehydes is 1. The SMILES string of the molecule is COCCCC[C@](O)(c1cccc(F)c1-c1cccc(C)c1)c1cccc(C=O)c1N1C[C@@H](N)[C@@H](O)C1. The summed E-state index contributed by atoms with van der Waals surface area (Å²) in [7, 11) is 1.63. The molecule has 3 aromatic carbocycles. The topological polar surface area (TPSA) is 96.0 Å². The predicted octanol–water partition coefficient (Wildman–Crippen LogP) is 4.17. The van der Waals surface area contributed by atoms with Gasteiger partial charge in [0.1, 0.15) is 11.4 Å². The Kier molecular flexibility index (Phi) is 8.39. The number of unbranched alkanes of at least 4 members (excludes halogenated alkanes) is 1. The van der Waals surface area contributed by atoms with E-state index in [1.54, 1.807) is 37.4 Å². The molecular formula is C30H35FN2O4. The largest absolute Gasteiger partial charge is 0.390 e. The molecule has 3 aromatic rings. The first-order valence-electron chi connectivity index (χ1n) is 12.6. The van der Waals surface area contributed by atoms with Crippen LogP contribution in [0.4, 0.5) is 10.1 Å². The van der Waals surface area contributed by atoms with Crippen LogP contribution in [0.3, 0.4) is 0 Å². The molecule has 37 heavy (non-hydrogen) atoms. The van der Waals surface area contributed by atoms with Gasteiger partial charge in [-0.15, -0.1) is 0 Å². The Balaban J connectivity index is 1.96. The van der Waals surface area contributed by atoms with Crippen LogP contribution in [0.2, 0.25) is 0 Å². The average molecular weight is 507 g/mol. The van der Waals surface area contributed by atoms with Gasteiger partial charge < -0.3 is 25.6 Å². The molecule has 0 amide bonds. The number of rotatable bonds is 10. The van der Waals surface area contributed by atoms with Gasteiger partial charge >= 0.3 is 0 Å². The second-order valence-corrected chi connectivity index (χ2v) is 9.84. The fraction of sp³-hybridized carbons (Fsp3) is 0.367. The number of nitrogens with two attached hydrogens (primary N) is 1. The monoisotopic (exact) mass is 506 g/mol. The molecule has 4 rings (SSSR count). The van der Waals surface area contributed by atoms with Crippen LogP contribution >= 0.6 is 0 Å². The third kappa shape index (κ3) is 5.45. The smallest absolute Gasteiger partial charge is 0.152 e. The van der Waals surface area contributed by atoms with Crippen LogP contribution in [0.25, 0.3) is 11.1 Å². The molecule has 1 heterocycles. The highest BCUT2D eigenvalue weighted by atomic mass is 19.1. The van der Waals surface area contributed by atoms with Crippen molar-refractivity contribution in [3.63, 3.8) is 0 Å². The minimum Gasteiger partial charge on any atom is -0.390 e. The highest BCUT2D eigenvalue weighted by molar-refractivity contribution is 5.87. The number of hydrogen-bond donors (Lipinski definition) is 3. The van der Waals surface area contributed by atoms with Crippen molar-refractivity contribution in [2.75, 3.05) is 31.7 Å². The number of benzene rings is 3. The Bertz CT molecular complexity index is 1240. The number of hydrogen-bond acceptors (Lipinski definition) is 6. The number of halogens is 1. The zero-order chi connectivity index (χ0) is 26.6. The number of aliphatic hydroxyl groups is 2. The van der Waals surface area contributed by atoms with E-state index in [0.29, 0.717) is 59.5 Å². The van der Waals surface area contributed by atoms with Crippen molar-refractivity contribution in [1.29, 1.82) is 0 Å². The van der Waals surface area contributed by atoms with Gasteiger partial charge in [0, 0.05) is 49.5 Å². The molecular weight excluding hydrogens is 471 g/mol. The summed E-state index contributed by atoms with van der Waals surface area (Å²) in [6, 6.07) is 17.0. The predicted molar refractivity (Wildman–Crippen MR) is 143 cm³/mol. The lowest BCUT2D eigenvalue weighted by molar-refractivity contribution is 0.0657. The summed E-state index contributed by atoms with van der Waals surface area (Å²) in [4.78, 5) is 14.0. The highest BCUT2D eigenvalue weighted by Gasteiger charge is 2.40. The van der Waals surface area contributed by atoms with Gasteiger partial charge in [-0.3, -0.25) is 4.79 Å². The van der Waals surface area contributed by atoms with E-state index in [9.17, 15) is 15.0 Å². The molecule has 0 bridgehead atoms. The van der Waals surface area contributed by atoms with Crippen LogP contribution in [0, 0.1) is 12.7 Å². The van der Waals surface area contributed by atoms with Crippen molar-refractivity contribution in [2.45, 2.75) is 43.9 Å². The molecule has 1 fully saturated rings. The number of nitrogens with zero attached hydrogens (tertiary/aromatic N) is 1. The van der Waals surface area contributed by atoms with Gasteiger partial charge in [0.05, 0.1) is 11.8 Å². The van der Waals surface area contributed by atoms with Crippen LogP contribution in [0.5, 0.6) is 0 Å². The number of methoxy groups -OCH3 is 1. The lowest BCUT2D eigenvalue weighted by Crippen LogP contribution is -2.34. The number of carbonyl (C=O) groups is 1. The van der Waals surface area contributed by atoms with Gasteiger partial charge in [0.2, 0.25) is 0 Å². The highest BCUT2D eigenvalue weighted by Crippen LogP contribution is 2.46. The Morgan fingerprint density at radius 1 is 1.11 bits per heavy atom. The zero-order valence-electron chi connectivity index (χ0n) is 21.4. The number of ether oxygens (including phenoxy) is 1. The molecule has 0 aromatic heterocycles. The van der Waals surface area contributed by atoms with E-state index in [1.165, 1.54) is 6.07 Å². The molecule has 0 radical (unpaired) electrons. The lowest BCUT2D eigenvalue weighted by Gasteiger charge is -2.36. The van der Waals surface area contributed by atoms with Crippen LogP contribution in [-0.4, -0.2) is 55.5 Å². The van der Waals surface area contributed by atoms with Gasteiger partial charge in [-0.25, -0.2) is 4.39 Å². The number of β-amino-alcohol motifs (C(OH)–C–C–N with tert-alkyl or cyclic N) is 1. The number of anilines is 1. The molecule has 6 nitrogen and oxygen atoms in total. The molecule has 1 saturated heterocycles. The molecule has 1 aliphatic rings. The summed E-state index contributed by atoms with van der Waals surface area (Å²) in [6.45, 7) is 3.02. The molecule has 196 valence electrons. The fourth-order valence-corrected chi connectivity index (χ4v) is 5.34. The third-order valence-electron chi connectivity index (χ3n) is 7.19. The maximum Gasteiger partial charge on any atom is 0.152 e. The summed E-state index contributed by atoms with van der Waals surface area (Å²) in [5.41, 5.74) is 8.22. The minimum atomic E-state index is -1.64. The number of carbonyl (C=O) groups excluding carboxylic acids is 1. The summed E-state index contributed by atoms with van der Waals surface area (Å²) in [5, 5.41) is 23.0. The van der Waals surface area contributed by atoms with E-state index in [4.69, 9.17) is 10.5 Å². The maximum absolute atomic E-state index is 15.6. The van der Waals surface area contributed by atoms with Gasteiger partial charge in [-0.1, -0.05) is 54.1 Å². The Morgan fingerprint density at radius 3 is 2.51 bits per heavy atom. The average Bonchev–Trinajstić information content (AvgIpc) is 3.23. The van der Waals surface area contributed by atoms with Crippen LogP contribution in [-0.2, 0) is 10.3 Å². The van der Waals surface area contributed by atoms with Crippen molar-refractivity contribution >= 4 is 12.0 Å². The van der Waals surface area contributed by atoms with Gasteiger partial charge in [-0.05, 0) is 49.4 Å². The molecule has 4 N–H and O–H groups in total. The van der Waals surface area contributed by atoms with Crippen molar-refractivity contribution in [2.24, 2.45) is 5.73 Å². The first-order valence-corrected chi connectivity index (χ1v) is 12.6. The van der Waals surface area contributed by atoms with Crippen molar-refractivity contribution in [3.8, 4) is 11.1 Å². The van der Waals surface area contributed by atoms with Gasteiger partial charge in [0.25, 0.3) is 0 Å². The van der Waals surface area contributed by atoms with E-state index in [0.717, 1.165) is 11.8 Å². The molecule has 7 heteroatoms. The van der Waals surface area contributed by atoms with E-state index in [2.05, 4.69) is 0 Å². The normalized spacial score (nSPS) is 19.1. The second kappa shape index (κ2) is 11.5. The van der Waals surface area contributed by atoms with Crippen molar-refractivity contribution in [1.82, 2.24) is 0 Å². The summed E-state index contributed by atoms with van der Waals surface area (Å²) < 4.78 is 20.8. The third-order valence-corrected chi connectivity index (χ3v) is 7.19. The van der Waals surface area contributed by atoms with Crippen molar-refractivity contribution in [3.05, 3.63) is 88.7 Å². The minimum absolute atomic E-state index is 0.229. The second-order valence-electron chi connectivity index (χ2n) is 9.84. The van der Waals surface area contributed by atoms with Gasteiger partial charge in [0.15, 0.2) is 6.29 Å². The molecule has 0 spiro atoms. The lowest BCUT2D eigenvalue weighted by atomic mass is 9.77. The van der Waals surface area contributed by atoms with Crippen LogP contribution in [0.1, 0.15) is 46.3 Å². The van der Waals surface area contributed by atoms with E-state index in [-0.39, 0.29) is 13.0 Å². The molecule has 0 unspecified atom stereocenters. The molecule has 0 saturated carbocycles. The van der Waals surface area contributed by atoms with Crippen molar-refractivity contribution < 1.29 is 24.1 Å². The Morgan fingerprint density at radius 2 is 1.84 bits per heavy atom. The quantitative estimate of drug-likeness (QED) is 0.282. The van der Waals surface area contributed by atoms with Crippen LogP contribution in [0.15, 0.2) is 60.7 Å². The molecule has 3 atom stereocenters. The van der Waals surface area contributed by atoms with Crippen LogP contribution < -0.4 is 10.6 Å².